The van der Waals surface area contributed by atoms with Crippen molar-refractivity contribution in [1.82, 2.24) is 10.2 Å². The summed E-state index contributed by atoms with van der Waals surface area (Å²) in [5.74, 6) is 0.557. The van der Waals surface area contributed by atoms with Gasteiger partial charge in [0.15, 0.2) is 0 Å². The highest BCUT2D eigenvalue weighted by Crippen LogP contribution is 2.18. The average molecular weight is 227 g/mol. The number of carbonyl (C=O) groups is 1. The van der Waals surface area contributed by atoms with Crippen LogP contribution in [0.25, 0.3) is 0 Å². The fraction of sp³-hybridized carbons (Fsp3) is 0.917. The number of primary amides is 1. The number of hydrogen-bond acceptors (Lipinski definition) is 3. The number of carbonyl (C=O) groups excluding carboxylic acids is 1. The van der Waals surface area contributed by atoms with Crippen LogP contribution < -0.4 is 11.1 Å². The first-order valence-electron chi connectivity index (χ1n) is 6.30. The molecule has 3 N–H and O–H groups in total. The van der Waals surface area contributed by atoms with E-state index >= 15 is 0 Å². The van der Waals surface area contributed by atoms with Crippen LogP contribution in [0.3, 0.4) is 0 Å². The Morgan fingerprint density at radius 2 is 2.25 bits per heavy atom. The second-order valence-electron chi connectivity index (χ2n) is 5.10. The monoisotopic (exact) mass is 227 g/mol. The second kappa shape index (κ2) is 6.21. The van der Waals surface area contributed by atoms with Gasteiger partial charge in [-0.25, -0.2) is 0 Å². The maximum atomic E-state index is 11.3. The molecule has 1 heterocycles. The van der Waals surface area contributed by atoms with Gasteiger partial charge < -0.3 is 16.0 Å². The van der Waals surface area contributed by atoms with Crippen molar-refractivity contribution in [3.63, 3.8) is 0 Å². The lowest BCUT2D eigenvalue weighted by Gasteiger charge is -2.24. The second-order valence-corrected chi connectivity index (χ2v) is 5.10. The Labute approximate surface area is 98.6 Å². The van der Waals surface area contributed by atoms with Crippen LogP contribution in [0.4, 0.5) is 0 Å². The van der Waals surface area contributed by atoms with Gasteiger partial charge in [-0.05, 0) is 18.9 Å². The Hall–Kier alpha value is -0.610. The molecule has 4 nitrogen and oxygen atoms in total. The molecule has 1 aliphatic rings. The van der Waals surface area contributed by atoms with Crippen molar-refractivity contribution in [2.24, 2.45) is 11.7 Å². The zero-order valence-corrected chi connectivity index (χ0v) is 10.7. The van der Waals surface area contributed by atoms with Gasteiger partial charge >= 0.3 is 0 Å². The van der Waals surface area contributed by atoms with Crippen LogP contribution in [0.2, 0.25) is 0 Å². The van der Waals surface area contributed by atoms with Crippen LogP contribution in [0.1, 0.15) is 33.6 Å². The molecule has 0 spiro atoms. The van der Waals surface area contributed by atoms with Gasteiger partial charge in [0, 0.05) is 19.1 Å². The fourth-order valence-corrected chi connectivity index (χ4v) is 2.30. The molecule has 0 saturated carbocycles. The maximum Gasteiger partial charge on any atom is 0.235 e. The van der Waals surface area contributed by atoms with E-state index in [9.17, 15) is 4.79 Å². The van der Waals surface area contributed by atoms with Crippen molar-refractivity contribution in [1.29, 1.82) is 0 Å². The summed E-state index contributed by atoms with van der Waals surface area (Å²) < 4.78 is 0. The Kier molecular flexibility index (Phi) is 5.22. The molecule has 2 unspecified atom stereocenters. The summed E-state index contributed by atoms with van der Waals surface area (Å²) in [7, 11) is 0. The predicted octanol–water partition coefficient (Wildman–Crippen LogP) is 0.570. The molecule has 0 aromatic carbocycles. The van der Waals surface area contributed by atoms with Crippen LogP contribution >= 0.6 is 0 Å². The number of rotatable bonds is 6. The van der Waals surface area contributed by atoms with Gasteiger partial charge in [-0.15, -0.1) is 0 Å². The highest BCUT2D eigenvalue weighted by molar-refractivity contribution is 5.80. The number of nitrogens with two attached hydrogens (primary N) is 1. The lowest BCUT2D eigenvalue weighted by atomic mass is 10.1. The third-order valence-electron chi connectivity index (χ3n) is 3.27. The summed E-state index contributed by atoms with van der Waals surface area (Å²) >= 11 is 0. The molecule has 1 amide bonds. The maximum absolute atomic E-state index is 11.3. The van der Waals surface area contributed by atoms with Crippen molar-refractivity contribution in [3.8, 4) is 0 Å². The molecule has 2 atom stereocenters. The minimum Gasteiger partial charge on any atom is -0.368 e. The van der Waals surface area contributed by atoms with Gasteiger partial charge in [0.2, 0.25) is 5.91 Å². The van der Waals surface area contributed by atoms with Crippen molar-refractivity contribution in [3.05, 3.63) is 0 Å². The van der Waals surface area contributed by atoms with Crippen molar-refractivity contribution in [2.75, 3.05) is 19.6 Å². The first-order valence-corrected chi connectivity index (χ1v) is 6.30. The Morgan fingerprint density at radius 1 is 1.56 bits per heavy atom. The summed E-state index contributed by atoms with van der Waals surface area (Å²) in [6.45, 7) is 9.27. The number of likely N-dealkylation sites (tertiary alicyclic amines) is 1. The van der Waals surface area contributed by atoms with Gasteiger partial charge in [0.1, 0.15) is 0 Å². The lowest BCUT2D eigenvalue weighted by molar-refractivity contribution is -0.120. The molecule has 0 radical (unpaired) electrons. The SMILES string of the molecule is CCC1CCN(CC(NC(C)C)C(N)=O)C1. The number of nitrogens with zero attached hydrogens (tertiary/aromatic N) is 1. The molecule has 1 rings (SSSR count). The normalized spacial score (nSPS) is 23.9. The molecule has 0 aromatic rings. The van der Waals surface area contributed by atoms with E-state index in [1.807, 2.05) is 13.8 Å². The van der Waals surface area contributed by atoms with Gasteiger partial charge in [-0.2, -0.15) is 0 Å². The third-order valence-corrected chi connectivity index (χ3v) is 3.27. The summed E-state index contributed by atoms with van der Waals surface area (Å²) in [5.41, 5.74) is 5.40. The Bertz CT molecular complexity index is 230. The topological polar surface area (TPSA) is 58.4 Å². The van der Waals surface area contributed by atoms with E-state index in [-0.39, 0.29) is 11.9 Å². The summed E-state index contributed by atoms with van der Waals surface area (Å²) in [6, 6.07) is 0.0812. The smallest absolute Gasteiger partial charge is 0.235 e. The first kappa shape index (κ1) is 13.5. The zero-order chi connectivity index (χ0) is 12.1. The molecule has 1 aliphatic heterocycles. The van der Waals surface area contributed by atoms with E-state index in [0.29, 0.717) is 6.04 Å². The minimum absolute atomic E-state index is 0.212. The molecule has 16 heavy (non-hydrogen) atoms. The van der Waals surface area contributed by atoms with Crippen molar-refractivity contribution >= 4 is 5.91 Å². The summed E-state index contributed by atoms with van der Waals surface area (Å²) in [4.78, 5) is 13.7. The highest BCUT2D eigenvalue weighted by atomic mass is 16.1. The highest BCUT2D eigenvalue weighted by Gasteiger charge is 2.25. The number of amides is 1. The Balaban J connectivity index is 2.40. The standard InChI is InChI=1S/C12H25N3O/c1-4-10-5-6-15(7-10)8-11(12(13)16)14-9(2)3/h9-11,14H,4-8H2,1-3H3,(H2,13,16). The van der Waals surface area contributed by atoms with Crippen molar-refractivity contribution in [2.45, 2.75) is 45.7 Å². The first-order chi connectivity index (χ1) is 7.52. The van der Waals surface area contributed by atoms with Gasteiger partial charge in [-0.1, -0.05) is 27.2 Å². The molecule has 4 heteroatoms. The third kappa shape index (κ3) is 4.10. The molecule has 0 aromatic heterocycles. The summed E-state index contributed by atoms with van der Waals surface area (Å²) in [5, 5.41) is 3.22. The molecule has 0 aliphatic carbocycles. The van der Waals surface area contributed by atoms with Crippen LogP contribution in [-0.2, 0) is 4.79 Å². The van der Waals surface area contributed by atoms with Gasteiger partial charge in [-0.3, -0.25) is 4.79 Å². The van der Waals surface area contributed by atoms with Crippen molar-refractivity contribution < 1.29 is 4.79 Å². The molecular weight excluding hydrogens is 202 g/mol. The van der Waals surface area contributed by atoms with Crippen LogP contribution in [-0.4, -0.2) is 42.5 Å². The van der Waals surface area contributed by atoms with E-state index in [1.54, 1.807) is 0 Å². The number of nitrogens with one attached hydrogen (secondary N) is 1. The van der Waals surface area contributed by atoms with E-state index < -0.39 is 0 Å². The van der Waals surface area contributed by atoms with Gasteiger partial charge in [0.25, 0.3) is 0 Å². The quantitative estimate of drug-likeness (QED) is 0.697. The lowest BCUT2D eigenvalue weighted by Crippen LogP contribution is -2.50. The molecule has 94 valence electrons. The van der Waals surface area contributed by atoms with Gasteiger partial charge in [0.05, 0.1) is 6.04 Å². The fourth-order valence-electron chi connectivity index (χ4n) is 2.30. The van der Waals surface area contributed by atoms with E-state index in [4.69, 9.17) is 5.73 Å². The largest absolute Gasteiger partial charge is 0.368 e. The summed E-state index contributed by atoms with van der Waals surface area (Å²) in [6.07, 6.45) is 2.49. The van der Waals surface area contributed by atoms with Crippen LogP contribution in [0, 0.1) is 5.92 Å². The molecular formula is C12H25N3O. The Morgan fingerprint density at radius 3 is 2.69 bits per heavy atom. The average Bonchev–Trinajstić information content (AvgIpc) is 2.63. The minimum atomic E-state index is -0.242. The molecule has 0 bridgehead atoms. The van der Waals surface area contributed by atoms with Crippen LogP contribution in [0.15, 0.2) is 0 Å². The van der Waals surface area contributed by atoms with E-state index in [1.165, 1.54) is 12.8 Å². The molecule has 1 saturated heterocycles. The van der Waals surface area contributed by atoms with E-state index in [2.05, 4.69) is 17.1 Å². The molecule has 1 fully saturated rings. The van der Waals surface area contributed by atoms with E-state index in [0.717, 1.165) is 25.6 Å². The predicted molar refractivity (Wildman–Crippen MR) is 66.1 cm³/mol. The van der Waals surface area contributed by atoms with Crippen LogP contribution in [0.5, 0.6) is 0 Å². The zero-order valence-electron chi connectivity index (χ0n) is 10.7. The number of hydrogen-bond donors (Lipinski definition) is 2.